The molecule has 1 fully saturated rings. The lowest BCUT2D eigenvalue weighted by atomic mass is 9.66. The lowest BCUT2D eigenvalue weighted by Crippen LogP contribution is -2.44. The molecule has 62 valence electrons. The summed E-state index contributed by atoms with van der Waals surface area (Å²) in [6, 6.07) is 0. The van der Waals surface area contributed by atoms with Crippen molar-refractivity contribution in [1.29, 1.82) is 0 Å². The van der Waals surface area contributed by atoms with E-state index >= 15 is 0 Å². The highest BCUT2D eigenvalue weighted by molar-refractivity contribution is 5.82. The number of hydrogen-bond donors (Lipinski definition) is 2. The Bertz CT molecular complexity index is 199. The molecule has 0 heterocycles. The van der Waals surface area contributed by atoms with Gasteiger partial charge in [0.25, 0.3) is 0 Å². The van der Waals surface area contributed by atoms with Gasteiger partial charge in [-0.25, -0.2) is 0 Å². The Labute approximate surface area is 63.8 Å². The molecule has 2 N–H and O–H groups in total. The fraction of sp³-hybridized carbons (Fsp3) is 0.714. The van der Waals surface area contributed by atoms with Crippen molar-refractivity contribution in [3.8, 4) is 0 Å². The van der Waals surface area contributed by atoms with Gasteiger partial charge in [-0.2, -0.15) is 0 Å². The highest BCUT2D eigenvalue weighted by Crippen LogP contribution is 2.40. The third-order valence-electron chi connectivity index (χ3n) is 2.27. The molecule has 0 spiro atoms. The molecule has 3 unspecified atom stereocenters. The quantitative estimate of drug-likeness (QED) is 0.611. The highest BCUT2D eigenvalue weighted by atomic mass is 16.4. The predicted octanol–water partition coefficient (Wildman–Crippen LogP) is 0.428. The highest BCUT2D eigenvalue weighted by Gasteiger charge is 2.47. The van der Waals surface area contributed by atoms with E-state index in [2.05, 4.69) is 0 Å². The second kappa shape index (κ2) is 2.53. The van der Waals surface area contributed by atoms with E-state index in [1.807, 2.05) is 0 Å². The molecule has 0 aromatic carbocycles. The average molecular weight is 158 g/mol. The van der Waals surface area contributed by atoms with E-state index in [9.17, 15) is 9.59 Å². The first kappa shape index (κ1) is 8.04. The van der Waals surface area contributed by atoms with Gasteiger partial charge in [-0.3, -0.25) is 9.59 Å². The normalized spacial score (nSPS) is 35.9. The summed E-state index contributed by atoms with van der Waals surface area (Å²) in [5.41, 5.74) is 0. The van der Waals surface area contributed by atoms with E-state index in [1.54, 1.807) is 6.92 Å². The first-order valence-electron chi connectivity index (χ1n) is 3.49. The van der Waals surface area contributed by atoms with Gasteiger partial charge >= 0.3 is 11.9 Å². The summed E-state index contributed by atoms with van der Waals surface area (Å²) >= 11 is 0. The Morgan fingerprint density at radius 3 is 2.00 bits per heavy atom. The van der Waals surface area contributed by atoms with E-state index < -0.39 is 23.8 Å². The fourth-order valence-electron chi connectivity index (χ4n) is 1.56. The van der Waals surface area contributed by atoms with Gasteiger partial charge in [0, 0.05) is 0 Å². The summed E-state index contributed by atoms with van der Waals surface area (Å²) in [4.78, 5) is 20.8. The first-order chi connectivity index (χ1) is 5.04. The molecule has 0 aromatic heterocycles. The molecule has 3 atom stereocenters. The number of carbonyl (C=O) groups is 2. The van der Waals surface area contributed by atoms with Crippen molar-refractivity contribution in [2.24, 2.45) is 17.8 Å². The van der Waals surface area contributed by atoms with Crippen LogP contribution >= 0.6 is 0 Å². The molecule has 4 nitrogen and oxygen atoms in total. The van der Waals surface area contributed by atoms with Gasteiger partial charge in [0.15, 0.2) is 0 Å². The number of hydrogen-bond acceptors (Lipinski definition) is 2. The second-order valence-corrected chi connectivity index (χ2v) is 3.02. The monoisotopic (exact) mass is 158 g/mol. The molecule has 1 saturated carbocycles. The zero-order valence-corrected chi connectivity index (χ0v) is 6.15. The van der Waals surface area contributed by atoms with Crippen molar-refractivity contribution in [2.75, 3.05) is 0 Å². The summed E-state index contributed by atoms with van der Waals surface area (Å²) in [6.45, 7) is 1.76. The maximum Gasteiger partial charge on any atom is 0.307 e. The van der Waals surface area contributed by atoms with Crippen LogP contribution in [0.3, 0.4) is 0 Å². The van der Waals surface area contributed by atoms with Crippen molar-refractivity contribution in [2.45, 2.75) is 13.3 Å². The van der Waals surface area contributed by atoms with E-state index in [-0.39, 0.29) is 5.92 Å². The van der Waals surface area contributed by atoms with Crippen molar-refractivity contribution in [3.05, 3.63) is 0 Å². The molecule has 0 aromatic rings. The Kier molecular flexibility index (Phi) is 1.85. The Morgan fingerprint density at radius 1 is 1.27 bits per heavy atom. The van der Waals surface area contributed by atoms with Crippen molar-refractivity contribution >= 4 is 11.9 Å². The van der Waals surface area contributed by atoms with E-state index in [4.69, 9.17) is 10.2 Å². The van der Waals surface area contributed by atoms with Crippen LogP contribution < -0.4 is 0 Å². The standard InChI is InChI=1S/C7H10O4/c1-3-2-4(6(8)9)5(3)7(10)11/h3-5H,2H2,1H3,(H,8,9)(H,10,11). The zero-order valence-electron chi connectivity index (χ0n) is 6.15. The molecule has 0 radical (unpaired) electrons. The van der Waals surface area contributed by atoms with Crippen LogP contribution in [0.4, 0.5) is 0 Å². The van der Waals surface area contributed by atoms with Gasteiger partial charge in [-0.05, 0) is 12.3 Å². The number of aliphatic carboxylic acids is 2. The molecule has 4 heteroatoms. The number of rotatable bonds is 2. The van der Waals surface area contributed by atoms with Gasteiger partial charge in [0.05, 0.1) is 11.8 Å². The van der Waals surface area contributed by atoms with Crippen LogP contribution in [0, 0.1) is 17.8 Å². The molecule has 0 amide bonds. The summed E-state index contributed by atoms with van der Waals surface area (Å²) in [6.07, 6.45) is 0.492. The summed E-state index contributed by atoms with van der Waals surface area (Å²) < 4.78 is 0. The van der Waals surface area contributed by atoms with Gasteiger partial charge in [-0.15, -0.1) is 0 Å². The maximum absolute atomic E-state index is 10.4. The van der Waals surface area contributed by atoms with Gasteiger partial charge in [0.2, 0.25) is 0 Å². The number of carboxylic acid groups (broad SMARTS) is 2. The molecular weight excluding hydrogens is 148 g/mol. The van der Waals surface area contributed by atoms with E-state index in [1.165, 1.54) is 0 Å². The van der Waals surface area contributed by atoms with Crippen LogP contribution in [-0.2, 0) is 9.59 Å². The first-order valence-corrected chi connectivity index (χ1v) is 3.49. The molecule has 0 aliphatic heterocycles. The number of carboxylic acids is 2. The van der Waals surface area contributed by atoms with Crippen molar-refractivity contribution in [1.82, 2.24) is 0 Å². The van der Waals surface area contributed by atoms with E-state index in [0.717, 1.165) is 0 Å². The van der Waals surface area contributed by atoms with Gasteiger partial charge in [-0.1, -0.05) is 6.92 Å². The molecule has 0 bridgehead atoms. The van der Waals surface area contributed by atoms with Gasteiger partial charge < -0.3 is 10.2 Å². The minimum atomic E-state index is -0.990. The Hall–Kier alpha value is -1.06. The molecule has 11 heavy (non-hydrogen) atoms. The minimum Gasteiger partial charge on any atom is -0.481 e. The van der Waals surface area contributed by atoms with Crippen molar-refractivity contribution < 1.29 is 19.8 Å². The SMILES string of the molecule is CC1CC(C(=O)O)C1C(=O)O. The van der Waals surface area contributed by atoms with Crippen molar-refractivity contribution in [3.63, 3.8) is 0 Å². The van der Waals surface area contributed by atoms with Crippen LogP contribution in [0.15, 0.2) is 0 Å². The smallest absolute Gasteiger partial charge is 0.307 e. The molecule has 1 rings (SSSR count). The molecular formula is C7H10O4. The molecule has 1 aliphatic carbocycles. The fourth-order valence-corrected chi connectivity index (χ4v) is 1.56. The van der Waals surface area contributed by atoms with Crippen LogP contribution in [-0.4, -0.2) is 22.2 Å². The van der Waals surface area contributed by atoms with Crippen LogP contribution in [0.1, 0.15) is 13.3 Å². The lowest BCUT2D eigenvalue weighted by Gasteiger charge is -2.36. The Balaban J connectivity index is 2.62. The summed E-state index contributed by atoms with van der Waals surface area (Å²) in [5.74, 6) is -3.31. The van der Waals surface area contributed by atoms with Crippen LogP contribution in [0.5, 0.6) is 0 Å². The maximum atomic E-state index is 10.4. The molecule has 1 aliphatic rings. The third-order valence-corrected chi connectivity index (χ3v) is 2.27. The molecule has 0 saturated heterocycles. The van der Waals surface area contributed by atoms with Crippen LogP contribution in [0.25, 0.3) is 0 Å². The largest absolute Gasteiger partial charge is 0.481 e. The topological polar surface area (TPSA) is 74.6 Å². The Morgan fingerprint density at radius 2 is 1.82 bits per heavy atom. The average Bonchev–Trinajstić information content (AvgIpc) is 1.80. The van der Waals surface area contributed by atoms with Crippen LogP contribution in [0.2, 0.25) is 0 Å². The lowest BCUT2D eigenvalue weighted by molar-refractivity contribution is -0.164. The summed E-state index contributed by atoms with van der Waals surface area (Å²) in [7, 11) is 0. The van der Waals surface area contributed by atoms with E-state index in [0.29, 0.717) is 6.42 Å². The summed E-state index contributed by atoms with van der Waals surface area (Å²) in [5, 5.41) is 17.1. The second-order valence-electron chi connectivity index (χ2n) is 3.02. The third kappa shape index (κ3) is 1.20. The van der Waals surface area contributed by atoms with Gasteiger partial charge in [0.1, 0.15) is 0 Å². The zero-order chi connectivity index (χ0) is 8.59. The predicted molar refractivity (Wildman–Crippen MR) is 36.0 cm³/mol. The minimum absolute atomic E-state index is 0.00796.